The van der Waals surface area contributed by atoms with Crippen molar-refractivity contribution in [2.24, 2.45) is 11.8 Å². The molecule has 0 amide bonds. The standard InChI is InChI=1S/C7H11BrO2/c1-2-10-7(9)6-3-5(6)4-8/h5-6H,2-4H2,1H3/t5-,6?/m0/s1. The summed E-state index contributed by atoms with van der Waals surface area (Å²) in [6.07, 6.45) is 1.00. The van der Waals surface area contributed by atoms with Crippen LogP contribution in [0.3, 0.4) is 0 Å². The second-order valence-corrected chi connectivity index (χ2v) is 3.16. The first-order valence-corrected chi connectivity index (χ1v) is 4.64. The van der Waals surface area contributed by atoms with E-state index in [2.05, 4.69) is 15.9 Å². The number of esters is 1. The van der Waals surface area contributed by atoms with Gasteiger partial charge in [-0.15, -0.1) is 0 Å². The molecule has 2 nitrogen and oxygen atoms in total. The quantitative estimate of drug-likeness (QED) is 0.518. The topological polar surface area (TPSA) is 26.3 Å². The Morgan fingerprint density at radius 3 is 2.90 bits per heavy atom. The molecule has 10 heavy (non-hydrogen) atoms. The van der Waals surface area contributed by atoms with Crippen LogP contribution >= 0.6 is 15.9 Å². The van der Waals surface area contributed by atoms with Crippen LogP contribution in [0.1, 0.15) is 13.3 Å². The summed E-state index contributed by atoms with van der Waals surface area (Å²) in [6, 6.07) is 0. The van der Waals surface area contributed by atoms with Crippen molar-refractivity contribution in [2.45, 2.75) is 13.3 Å². The van der Waals surface area contributed by atoms with Gasteiger partial charge in [0.05, 0.1) is 12.5 Å². The zero-order chi connectivity index (χ0) is 7.56. The minimum Gasteiger partial charge on any atom is -0.466 e. The summed E-state index contributed by atoms with van der Waals surface area (Å²) in [5.74, 6) is 0.713. The maximum absolute atomic E-state index is 10.9. The van der Waals surface area contributed by atoms with Gasteiger partial charge in [-0.1, -0.05) is 15.9 Å². The third-order valence-electron chi connectivity index (χ3n) is 1.71. The molecule has 0 bridgehead atoms. The second kappa shape index (κ2) is 3.37. The van der Waals surface area contributed by atoms with Gasteiger partial charge in [-0.25, -0.2) is 0 Å². The van der Waals surface area contributed by atoms with E-state index in [0.29, 0.717) is 12.5 Å². The molecule has 1 saturated carbocycles. The van der Waals surface area contributed by atoms with Crippen LogP contribution in [0.2, 0.25) is 0 Å². The number of hydrogen-bond donors (Lipinski definition) is 0. The molecule has 2 atom stereocenters. The summed E-state index contributed by atoms with van der Waals surface area (Å²) in [6.45, 7) is 2.34. The van der Waals surface area contributed by atoms with Crippen LogP contribution in [-0.4, -0.2) is 17.9 Å². The van der Waals surface area contributed by atoms with Crippen LogP contribution in [0.15, 0.2) is 0 Å². The van der Waals surface area contributed by atoms with Gasteiger partial charge in [-0.3, -0.25) is 4.79 Å². The first-order valence-electron chi connectivity index (χ1n) is 3.52. The lowest BCUT2D eigenvalue weighted by Gasteiger charge is -1.97. The summed E-state index contributed by atoms with van der Waals surface area (Å²) in [7, 11) is 0. The first kappa shape index (κ1) is 8.05. The van der Waals surface area contributed by atoms with Gasteiger partial charge in [0.15, 0.2) is 0 Å². The van der Waals surface area contributed by atoms with Crippen LogP contribution in [0, 0.1) is 11.8 Å². The summed E-state index contributed by atoms with van der Waals surface area (Å²) in [5.41, 5.74) is 0. The molecule has 0 N–H and O–H groups in total. The van der Waals surface area contributed by atoms with Gasteiger partial charge in [-0.05, 0) is 19.3 Å². The average molecular weight is 207 g/mol. The van der Waals surface area contributed by atoms with Crippen molar-refractivity contribution >= 4 is 21.9 Å². The molecule has 1 rings (SSSR count). The zero-order valence-corrected chi connectivity index (χ0v) is 7.56. The predicted octanol–water partition coefficient (Wildman–Crippen LogP) is 1.58. The Hall–Kier alpha value is -0.0500. The summed E-state index contributed by atoms with van der Waals surface area (Å²) in [5, 5.41) is 0.927. The summed E-state index contributed by atoms with van der Waals surface area (Å²) in [4.78, 5) is 10.9. The lowest BCUT2D eigenvalue weighted by Crippen LogP contribution is -2.07. The van der Waals surface area contributed by atoms with Crippen LogP contribution in [0.25, 0.3) is 0 Å². The van der Waals surface area contributed by atoms with Gasteiger partial charge in [0.2, 0.25) is 0 Å². The highest BCUT2D eigenvalue weighted by Crippen LogP contribution is 2.40. The normalized spacial score (nSPS) is 29.8. The second-order valence-electron chi connectivity index (χ2n) is 2.51. The Kier molecular flexibility index (Phi) is 2.72. The number of ether oxygens (including phenoxy) is 1. The third kappa shape index (κ3) is 1.72. The van der Waals surface area contributed by atoms with E-state index in [1.54, 1.807) is 0 Å². The molecule has 0 saturated heterocycles. The van der Waals surface area contributed by atoms with Crippen molar-refractivity contribution in [1.82, 2.24) is 0 Å². The molecule has 1 unspecified atom stereocenters. The van der Waals surface area contributed by atoms with Crippen LogP contribution < -0.4 is 0 Å². The van der Waals surface area contributed by atoms with Crippen molar-refractivity contribution in [2.75, 3.05) is 11.9 Å². The number of rotatable bonds is 3. The predicted molar refractivity (Wildman–Crippen MR) is 42.0 cm³/mol. The fraction of sp³-hybridized carbons (Fsp3) is 0.857. The Balaban J connectivity index is 2.19. The molecule has 0 aliphatic heterocycles. The molecular formula is C7H11BrO2. The number of carbonyl (C=O) groups excluding carboxylic acids is 1. The molecule has 1 aliphatic rings. The molecule has 1 fully saturated rings. The van der Waals surface area contributed by atoms with E-state index in [1.165, 1.54) is 0 Å². The lowest BCUT2D eigenvalue weighted by molar-refractivity contribution is -0.144. The van der Waals surface area contributed by atoms with Gasteiger partial charge < -0.3 is 4.74 Å². The fourth-order valence-corrected chi connectivity index (χ4v) is 1.67. The van der Waals surface area contributed by atoms with Gasteiger partial charge in [0.25, 0.3) is 0 Å². The number of alkyl halides is 1. The molecule has 0 spiro atoms. The maximum atomic E-state index is 10.9. The minimum atomic E-state index is -0.0213. The number of hydrogen-bond acceptors (Lipinski definition) is 2. The molecule has 0 aromatic rings. The molecule has 0 aromatic heterocycles. The highest BCUT2D eigenvalue weighted by atomic mass is 79.9. The van der Waals surface area contributed by atoms with Crippen LogP contribution in [-0.2, 0) is 9.53 Å². The Morgan fingerprint density at radius 2 is 2.50 bits per heavy atom. The summed E-state index contributed by atoms with van der Waals surface area (Å²) < 4.78 is 4.84. The molecule has 1 aliphatic carbocycles. The molecule has 58 valence electrons. The Morgan fingerprint density at radius 1 is 1.80 bits per heavy atom. The van der Waals surface area contributed by atoms with E-state index in [9.17, 15) is 4.79 Å². The zero-order valence-electron chi connectivity index (χ0n) is 5.97. The monoisotopic (exact) mass is 206 g/mol. The van der Waals surface area contributed by atoms with Crippen LogP contribution in [0.4, 0.5) is 0 Å². The SMILES string of the molecule is CCOC(=O)C1C[C@H]1CBr. The summed E-state index contributed by atoms with van der Waals surface area (Å²) >= 11 is 3.33. The van der Waals surface area contributed by atoms with Gasteiger partial charge in [0.1, 0.15) is 0 Å². The van der Waals surface area contributed by atoms with E-state index in [-0.39, 0.29) is 11.9 Å². The smallest absolute Gasteiger partial charge is 0.309 e. The molecule has 3 heteroatoms. The van der Waals surface area contributed by atoms with Crippen molar-refractivity contribution in [3.05, 3.63) is 0 Å². The highest BCUT2D eigenvalue weighted by Gasteiger charge is 2.42. The minimum absolute atomic E-state index is 0.0213. The van der Waals surface area contributed by atoms with Crippen LogP contribution in [0.5, 0.6) is 0 Å². The van der Waals surface area contributed by atoms with E-state index in [0.717, 1.165) is 11.8 Å². The number of carbonyl (C=O) groups is 1. The van der Waals surface area contributed by atoms with Crippen molar-refractivity contribution in [3.63, 3.8) is 0 Å². The van der Waals surface area contributed by atoms with Crippen molar-refractivity contribution < 1.29 is 9.53 Å². The average Bonchev–Trinajstić information content (AvgIpc) is 2.66. The van der Waals surface area contributed by atoms with Crippen molar-refractivity contribution in [3.8, 4) is 0 Å². The van der Waals surface area contributed by atoms with E-state index in [4.69, 9.17) is 4.74 Å². The van der Waals surface area contributed by atoms with E-state index >= 15 is 0 Å². The van der Waals surface area contributed by atoms with Gasteiger partial charge in [0, 0.05) is 5.33 Å². The van der Waals surface area contributed by atoms with Crippen molar-refractivity contribution in [1.29, 1.82) is 0 Å². The fourth-order valence-electron chi connectivity index (χ4n) is 0.956. The number of halogens is 1. The molecule has 0 heterocycles. The third-order valence-corrected chi connectivity index (χ3v) is 2.54. The Labute approximate surface area is 69.1 Å². The largest absolute Gasteiger partial charge is 0.466 e. The Bertz CT molecular complexity index is 136. The van der Waals surface area contributed by atoms with Gasteiger partial charge in [-0.2, -0.15) is 0 Å². The van der Waals surface area contributed by atoms with Gasteiger partial charge >= 0.3 is 5.97 Å². The highest BCUT2D eigenvalue weighted by molar-refractivity contribution is 9.09. The first-order chi connectivity index (χ1) is 4.79. The molecule has 0 radical (unpaired) electrons. The lowest BCUT2D eigenvalue weighted by atomic mass is 10.3. The maximum Gasteiger partial charge on any atom is 0.309 e. The van der Waals surface area contributed by atoms with E-state index in [1.807, 2.05) is 6.92 Å². The van der Waals surface area contributed by atoms with E-state index < -0.39 is 0 Å². The molecular weight excluding hydrogens is 196 g/mol. The molecule has 0 aromatic carbocycles.